The molecule has 2 N–H and O–H groups in total. The molecular weight excluding hydrogens is 361 g/mol. The number of hydrogen-bond acceptors (Lipinski definition) is 4. The Morgan fingerprint density at radius 3 is 2.24 bits per heavy atom. The molecular formula is C15H21F3N2O4S. The number of halogens is 3. The van der Waals surface area contributed by atoms with E-state index in [4.69, 9.17) is 13.0 Å². The van der Waals surface area contributed by atoms with Gasteiger partial charge in [-0.1, -0.05) is 31.2 Å². The maximum absolute atomic E-state index is 11.6. The summed E-state index contributed by atoms with van der Waals surface area (Å²) in [5.41, 5.74) is -3.16. The molecule has 1 amide bonds. The summed E-state index contributed by atoms with van der Waals surface area (Å²) < 4.78 is 57.5. The molecule has 2 rings (SSSR count). The second-order valence-corrected chi connectivity index (χ2v) is 7.26. The normalized spacial score (nSPS) is 21.1. The molecule has 1 aromatic carbocycles. The Morgan fingerprint density at radius 2 is 1.84 bits per heavy atom. The van der Waals surface area contributed by atoms with Crippen LogP contribution < -0.4 is 5.32 Å². The first-order chi connectivity index (χ1) is 11.3. The summed E-state index contributed by atoms with van der Waals surface area (Å²) in [5, 5.41) is 3.29. The van der Waals surface area contributed by atoms with Gasteiger partial charge in [-0.15, -0.1) is 0 Å². The van der Waals surface area contributed by atoms with Crippen molar-refractivity contribution in [1.29, 1.82) is 0 Å². The number of amides is 1. The Hall–Kier alpha value is -1.65. The molecule has 0 aromatic heterocycles. The van der Waals surface area contributed by atoms with E-state index in [2.05, 4.69) is 43.4 Å². The van der Waals surface area contributed by atoms with E-state index in [1.54, 1.807) is 0 Å². The largest absolute Gasteiger partial charge is 0.522 e. The average molecular weight is 382 g/mol. The summed E-state index contributed by atoms with van der Waals surface area (Å²) in [6.07, 6.45) is 1.90. The van der Waals surface area contributed by atoms with Gasteiger partial charge in [0.2, 0.25) is 5.91 Å². The van der Waals surface area contributed by atoms with Crippen molar-refractivity contribution >= 4 is 16.0 Å². The van der Waals surface area contributed by atoms with E-state index < -0.39 is 15.6 Å². The van der Waals surface area contributed by atoms with Crippen molar-refractivity contribution in [2.75, 3.05) is 13.6 Å². The lowest BCUT2D eigenvalue weighted by Gasteiger charge is -2.32. The average Bonchev–Trinajstić information content (AvgIpc) is 2.74. The van der Waals surface area contributed by atoms with Crippen LogP contribution in [0.2, 0.25) is 0 Å². The number of nitrogens with zero attached hydrogens (tertiary/aromatic N) is 1. The van der Waals surface area contributed by atoms with Gasteiger partial charge >= 0.3 is 15.6 Å². The van der Waals surface area contributed by atoms with Crippen molar-refractivity contribution in [3.8, 4) is 0 Å². The number of rotatable bonds is 3. The summed E-state index contributed by atoms with van der Waals surface area (Å²) in [6.45, 7) is 4.68. The topological polar surface area (TPSA) is 86.7 Å². The van der Waals surface area contributed by atoms with Gasteiger partial charge in [-0.25, -0.2) is 0 Å². The number of benzene rings is 1. The Labute approximate surface area is 144 Å². The third kappa shape index (κ3) is 5.68. The third-order valence-corrected chi connectivity index (χ3v) is 4.56. The lowest BCUT2D eigenvalue weighted by atomic mass is 9.99. The molecule has 25 heavy (non-hydrogen) atoms. The first-order valence-electron chi connectivity index (χ1n) is 7.43. The summed E-state index contributed by atoms with van der Waals surface area (Å²) in [7, 11) is -3.97. The van der Waals surface area contributed by atoms with Gasteiger partial charge in [-0.2, -0.15) is 21.6 Å². The molecule has 0 aliphatic carbocycles. The second kappa shape index (κ2) is 7.71. The smallest absolute Gasteiger partial charge is 0.326 e. The number of alkyl halides is 3. The molecule has 1 heterocycles. The number of carbonyl (C=O) groups excluding carboxylic acids is 1. The van der Waals surface area contributed by atoms with E-state index in [0.717, 1.165) is 12.8 Å². The van der Waals surface area contributed by atoms with E-state index in [9.17, 15) is 18.0 Å². The van der Waals surface area contributed by atoms with Crippen LogP contribution in [0, 0.1) is 0 Å². The molecule has 0 spiro atoms. The molecule has 1 aliphatic rings. The Morgan fingerprint density at radius 1 is 1.32 bits per heavy atom. The van der Waals surface area contributed by atoms with Crippen LogP contribution in [0.25, 0.3) is 0 Å². The quantitative estimate of drug-likeness (QED) is 0.617. The third-order valence-electron chi connectivity index (χ3n) is 3.98. The van der Waals surface area contributed by atoms with Crippen molar-refractivity contribution in [2.24, 2.45) is 0 Å². The molecule has 10 heteroatoms. The minimum Gasteiger partial charge on any atom is -0.326 e. The van der Waals surface area contributed by atoms with Crippen molar-refractivity contribution in [2.45, 2.75) is 37.9 Å². The van der Waals surface area contributed by atoms with Crippen molar-refractivity contribution in [3.63, 3.8) is 0 Å². The fourth-order valence-corrected chi connectivity index (χ4v) is 2.32. The highest BCUT2D eigenvalue weighted by Crippen LogP contribution is 2.22. The number of hydrogen-bond donors (Lipinski definition) is 2. The van der Waals surface area contributed by atoms with Gasteiger partial charge in [0, 0.05) is 13.5 Å². The monoisotopic (exact) mass is 382 g/mol. The minimum atomic E-state index is -5.84. The van der Waals surface area contributed by atoms with Crippen molar-refractivity contribution in [3.05, 3.63) is 35.4 Å². The molecule has 1 atom stereocenters. The van der Waals surface area contributed by atoms with Gasteiger partial charge in [0.05, 0.1) is 12.2 Å². The highest BCUT2D eigenvalue weighted by molar-refractivity contribution is 7.86. The van der Waals surface area contributed by atoms with Gasteiger partial charge in [0.15, 0.2) is 0 Å². The maximum atomic E-state index is 11.6. The molecule has 1 fully saturated rings. The van der Waals surface area contributed by atoms with Crippen LogP contribution in [0.15, 0.2) is 24.3 Å². The fourth-order valence-electron chi connectivity index (χ4n) is 2.32. The summed E-state index contributed by atoms with van der Waals surface area (Å²) >= 11 is 0. The first kappa shape index (κ1) is 21.4. The standard InChI is InChI=1S/C14H20N2O.CHF3O3S/c1-4-11-6-5-7-12(8-11)9-14(2)15-10-13(17)16(14)3;2-1(3,4)8(5,6)7/h5-8,15H,4,9-10H2,1-3H3;(H,5,6,7)/t14-;/m0./s1. The summed E-state index contributed by atoms with van der Waals surface area (Å²) in [4.78, 5) is 13.4. The first-order valence-corrected chi connectivity index (χ1v) is 8.87. The molecule has 0 unspecified atom stereocenters. The number of aryl methyl sites for hydroxylation is 1. The van der Waals surface area contributed by atoms with Gasteiger partial charge in [0.1, 0.15) is 0 Å². The number of likely N-dealkylation sites (N-methyl/N-ethyl adjacent to an activating group) is 1. The summed E-state index contributed by atoms with van der Waals surface area (Å²) in [5.74, 6) is 0.166. The van der Waals surface area contributed by atoms with Gasteiger partial charge in [-0.3, -0.25) is 14.7 Å². The predicted octanol–water partition coefficient (Wildman–Crippen LogP) is 1.96. The lowest BCUT2D eigenvalue weighted by molar-refractivity contribution is -0.128. The zero-order chi connectivity index (χ0) is 19.5. The zero-order valence-electron chi connectivity index (χ0n) is 14.1. The van der Waals surface area contributed by atoms with Crippen LogP contribution in [0.3, 0.4) is 0 Å². The zero-order valence-corrected chi connectivity index (χ0v) is 14.9. The molecule has 1 aromatic rings. The molecule has 1 aliphatic heterocycles. The molecule has 0 bridgehead atoms. The van der Waals surface area contributed by atoms with Crippen LogP contribution in [0.5, 0.6) is 0 Å². The minimum absolute atomic E-state index is 0.166. The second-order valence-electron chi connectivity index (χ2n) is 5.85. The maximum Gasteiger partial charge on any atom is 0.522 e. The van der Waals surface area contributed by atoms with Gasteiger partial charge in [-0.05, 0) is 24.5 Å². The van der Waals surface area contributed by atoms with Crippen LogP contribution >= 0.6 is 0 Å². The van der Waals surface area contributed by atoms with E-state index in [1.165, 1.54) is 11.1 Å². The highest BCUT2D eigenvalue weighted by Gasteiger charge is 2.44. The lowest BCUT2D eigenvalue weighted by Crippen LogP contribution is -2.49. The van der Waals surface area contributed by atoms with Crippen molar-refractivity contribution in [1.82, 2.24) is 10.2 Å². The summed E-state index contributed by atoms with van der Waals surface area (Å²) in [6, 6.07) is 8.59. The van der Waals surface area contributed by atoms with Crippen LogP contribution in [-0.4, -0.2) is 48.5 Å². The van der Waals surface area contributed by atoms with E-state index in [1.807, 2.05) is 11.9 Å². The molecule has 142 valence electrons. The SMILES string of the molecule is CCc1cccc(C[C@@]2(C)NCC(=O)N2C)c1.O=S(=O)(O)C(F)(F)F. The molecule has 1 saturated heterocycles. The van der Waals surface area contributed by atoms with Gasteiger partial charge in [0.25, 0.3) is 0 Å². The van der Waals surface area contributed by atoms with Crippen molar-refractivity contribution < 1.29 is 30.9 Å². The number of nitrogens with one attached hydrogen (secondary N) is 1. The Kier molecular flexibility index (Phi) is 6.60. The van der Waals surface area contributed by atoms with Crippen LogP contribution in [-0.2, 0) is 27.8 Å². The number of carbonyl (C=O) groups is 1. The Balaban J connectivity index is 0.000000333. The highest BCUT2D eigenvalue weighted by atomic mass is 32.2. The Bertz CT molecular complexity index is 722. The molecule has 0 saturated carbocycles. The molecule has 0 radical (unpaired) electrons. The van der Waals surface area contributed by atoms with E-state index in [0.29, 0.717) is 6.54 Å². The van der Waals surface area contributed by atoms with E-state index >= 15 is 0 Å². The predicted molar refractivity (Wildman–Crippen MR) is 86.3 cm³/mol. The fraction of sp³-hybridized carbons (Fsp3) is 0.533. The molecule has 6 nitrogen and oxygen atoms in total. The van der Waals surface area contributed by atoms with Crippen LogP contribution in [0.4, 0.5) is 13.2 Å². The van der Waals surface area contributed by atoms with Gasteiger partial charge < -0.3 is 4.90 Å². The van der Waals surface area contributed by atoms with Crippen LogP contribution in [0.1, 0.15) is 25.0 Å². The van der Waals surface area contributed by atoms with E-state index in [-0.39, 0.29) is 11.6 Å².